The predicted octanol–water partition coefficient (Wildman–Crippen LogP) is 2.52. The monoisotopic (exact) mass is 427 g/mol. The van der Waals surface area contributed by atoms with Crippen molar-refractivity contribution in [2.24, 2.45) is 0 Å². The highest BCUT2D eigenvalue weighted by atomic mass is 16.5. The molecule has 4 rings (SSSR count). The standard InChI is InChI=1S/C24H33N3O4/c1-17(2)31-22-10-6-5-9-21(22)26-13-11-25(12-14-26)15-18(28)16-27-23(29)19-7-3-4-8-20(19)24(27)30/h3-6,9-10,17-18,28-30H,7-8,11-16H2,1-2H3. The lowest BCUT2D eigenvalue weighted by Gasteiger charge is -2.37. The van der Waals surface area contributed by atoms with Crippen molar-refractivity contribution in [2.45, 2.75) is 45.4 Å². The molecular formula is C24H33N3O4. The Kier molecular flexibility index (Phi) is 6.43. The highest BCUT2D eigenvalue weighted by Crippen LogP contribution is 2.37. The van der Waals surface area contributed by atoms with Crippen LogP contribution in [0, 0.1) is 0 Å². The quantitative estimate of drug-likeness (QED) is 0.589. The van der Waals surface area contributed by atoms with Crippen LogP contribution in [-0.2, 0) is 19.4 Å². The summed E-state index contributed by atoms with van der Waals surface area (Å²) < 4.78 is 7.41. The van der Waals surface area contributed by atoms with Crippen molar-refractivity contribution in [3.8, 4) is 17.5 Å². The van der Waals surface area contributed by atoms with Crippen molar-refractivity contribution < 1.29 is 20.1 Å². The number of allylic oxidation sites excluding steroid dienone is 2. The molecule has 1 atom stereocenters. The van der Waals surface area contributed by atoms with E-state index in [9.17, 15) is 15.3 Å². The van der Waals surface area contributed by atoms with Crippen LogP contribution < -0.4 is 9.64 Å². The zero-order chi connectivity index (χ0) is 22.0. The van der Waals surface area contributed by atoms with Gasteiger partial charge in [-0.05, 0) is 38.8 Å². The van der Waals surface area contributed by atoms with Gasteiger partial charge in [-0.1, -0.05) is 24.3 Å². The molecule has 1 aromatic carbocycles. The van der Waals surface area contributed by atoms with Gasteiger partial charge in [0.25, 0.3) is 0 Å². The number of aliphatic hydroxyl groups excluding tert-OH is 1. The SMILES string of the molecule is CC(C)Oc1ccccc1N1CCN(CC(O)Cn2c(O)c3c(c2O)CC=CC3)CC1. The molecule has 1 fully saturated rings. The fourth-order valence-electron chi connectivity index (χ4n) is 4.51. The van der Waals surface area contributed by atoms with Gasteiger partial charge in [0.05, 0.1) is 24.4 Å². The normalized spacial score (nSPS) is 17.7. The number of fused-ring (bicyclic) bond motifs is 1. The average Bonchev–Trinajstić information content (AvgIpc) is 2.99. The van der Waals surface area contributed by atoms with Crippen molar-refractivity contribution in [1.29, 1.82) is 0 Å². The van der Waals surface area contributed by atoms with Crippen LogP contribution in [-0.4, -0.2) is 69.7 Å². The number of para-hydroxylation sites is 2. The third-order valence-electron chi connectivity index (χ3n) is 6.03. The summed E-state index contributed by atoms with van der Waals surface area (Å²) in [7, 11) is 0. The molecule has 168 valence electrons. The number of hydrogen-bond donors (Lipinski definition) is 3. The lowest BCUT2D eigenvalue weighted by molar-refractivity contribution is 0.0907. The van der Waals surface area contributed by atoms with Gasteiger partial charge in [-0.25, -0.2) is 0 Å². The van der Waals surface area contributed by atoms with Gasteiger partial charge < -0.3 is 25.0 Å². The zero-order valence-corrected chi connectivity index (χ0v) is 18.4. The third kappa shape index (κ3) is 4.67. The molecule has 2 heterocycles. The lowest BCUT2D eigenvalue weighted by Crippen LogP contribution is -2.49. The number of β-amino-alcohol motifs (C(OH)–C–C–N with tert-alkyl or cyclic N) is 1. The maximum atomic E-state index is 10.7. The largest absolute Gasteiger partial charge is 0.494 e. The summed E-state index contributed by atoms with van der Waals surface area (Å²) in [6, 6.07) is 8.13. The first kappa shape index (κ1) is 21.6. The molecule has 1 unspecified atom stereocenters. The second kappa shape index (κ2) is 9.24. The molecule has 0 saturated carbocycles. The molecule has 3 N–H and O–H groups in total. The molecule has 1 saturated heterocycles. The number of nitrogens with zero attached hydrogens (tertiary/aromatic N) is 3. The smallest absolute Gasteiger partial charge is 0.197 e. The minimum atomic E-state index is -0.679. The summed E-state index contributed by atoms with van der Waals surface area (Å²) in [6.45, 7) is 8.10. The molecule has 1 aromatic heterocycles. The van der Waals surface area contributed by atoms with Crippen LogP contribution in [0.3, 0.4) is 0 Å². The van der Waals surface area contributed by atoms with Crippen LogP contribution in [0.2, 0.25) is 0 Å². The molecule has 7 nitrogen and oxygen atoms in total. The van der Waals surface area contributed by atoms with E-state index in [1.54, 1.807) is 0 Å². The molecule has 0 bridgehead atoms. The van der Waals surface area contributed by atoms with Crippen LogP contribution in [0.1, 0.15) is 25.0 Å². The van der Waals surface area contributed by atoms with E-state index in [1.807, 2.05) is 44.2 Å². The molecular weight excluding hydrogens is 394 g/mol. The average molecular weight is 428 g/mol. The summed E-state index contributed by atoms with van der Waals surface area (Å²) in [4.78, 5) is 4.55. The lowest BCUT2D eigenvalue weighted by atomic mass is 10.0. The molecule has 0 radical (unpaired) electrons. The van der Waals surface area contributed by atoms with Gasteiger partial charge in [0.15, 0.2) is 11.8 Å². The highest BCUT2D eigenvalue weighted by molar-refractivity contribution is 5.58. The van der Waals surface area contributed by atoms with E-state index in [4.69, 9.17) is 4.74 Å². The first-order valence-corrected chi connectivity index (χ1v) is 11.1. The van der Waals surface area contributed by atoms with E-state index in [2.05, 4.69) is 15.9 Å². The first-order chi connectivity index (χ1) is 14.9. The molecule has 0 spiro atoms. The van der Waals surface area contributed by atoms with E-state index in [0.717, 1.165) is 48.7 Å². The van der Waals surface area contributed by atoms with Crippen molar-refractivity contribution in [2.75, 3.05) is 37.6 Å². The first-order valence-electron chi connectivity index (χ1n) is 11.1. The van der Waals surface area contributed by atoms with E-state index >= 15 is 0 Å². The summed E-state index contributed by atoms with van der Waals surface area (Å²) in [5.74, 6) is 1.05. The second-order valence-corrected chi connectivity index (χ2v) is 8.67. The molecule has 1 aliphatic carbocycles. The maximum Gasteiger partial charge on any atom is 0.197 e. The van der Waals surface area contributed by atoms with Gasteiger partial charge in [0.1, 0.15) is 5.75 Å². The van der Waals surface area contributed by atoms with Gasteiger partial charge in [0.2, 0.25) is 0 Å². The number of aliphatic hydroxyl groups is 1. The van der Waals surface area contributed by atoms with Gasteiger partial charge in [-0.3, -0.25) is 9.47 Å². The van der Waals surface area contributed by atoms with Crippen LogP contribution in [0.25, 0.3) is 0 Å². The van der Waals surface area contributed by atoms with Gasteiger partial charge in [-0.2, -0.15) is 0 Å². The van der Waals surface area contributed by atoms with Crippen molar-refractivity contribution in [3.05, 3.63) is 47.5 Å². The van der Waals surface area contributed by atoms with Gasteiger partial charge in [0, 0.05) is 43.9 Å². The molecule has 1 aliphatic heterocycles. The molecule has 31 heavy (non-hydrogen) atoms. The number of benzene rings is 1. The topological polar surface area (TPSA) is 81.3 Å². The molecule has 2 aromatic rings. The third-order valence-corrected chi connectivity index (χ3v) is 6.03. The minimum absolute atomic E-state index is 0.0717. The Morgan fingerprint density at radius 2 is 1.52 bits per heavy atom. The molecule has 0 amide bonds. The number of rotatable bonds is 7. The van der Waals surface area contributed by atoms with Crippen LogP contribution in [0.4, 0.5) is 5.69 Å². The Labute approximate surface area is 183 Å². The molecule has 7 heteroatoms. The van der Waals surface area contributed by atoms with E-state index in [1.165, 1.54) is 4.57 Å². The fourth-order valence-corrected chi connectivity index (χ4v) is 4.51. The summed E-state index contributed by atoms with van der Waals surface area (Å²) in [5, 5.41) is 31.6. The number of piperazine rings is 1. The summed E-state index contributed by atoms with van der Waals surface area (Å²) >= 11 is 0. The van der Waals surface area contributed by atoms with E-state index in [0.29, 0.717) is 19.4 Å². The highest BCUT2D eigenvalue weighted by Gasteiger charge is 2.26. The number of hydrogen-bond acceptors (Lipinski definition) is 6. The predicted molar refractivity (Wildman–Crippen MR) is 121 cm³/mol. The van der Waals surface area contributed by atoms with Crippen molar-refractivity contribution in [1.82, 2.24) is 9.47 Å². The van der Waals surface area contributed by atoms with Crippen LogP contribution in [0.5, 0.6) is 17.5 Å². The van der Waals surface area contributed by atoms with E-state index < -0.39 is 6.10 Å². The number of anilines is 1. The minimum Gasteiger partial charge on any atom is -0.494 e. The van der Waals surface area contributed by atoms with Crippen LogP contribution >= 0.6 is 0 Å². The number of aromatic nitrogens is 1. The maximum absolute atomic E-state index is 10.7. The van der Waals surface area contributed by atoms with Crippen LogP contribution in [0.15, 0.2) is 36.4 Å². The molecule has 2 aliphatic rings. The Balaban J connectivity index is 1.33. The Bertz CT molecular complexity index is 898. The van der Waals surface area contributed by atoms with Gasteiger partial charge >= 0.3 is 0 Å². The second-order valence-electron chi connectivity index (χ2n) is 8.67. The zero-order valence-electron chi connectivity index (χ0n) is 18.4. The number of aromatic hydroxyl groups is 2. The summed E-state index contributed by atoms with van der Waals surface area (Å²) in [6.07, 6.45) is 4.66. The number of ether oxygens (including phenoxy) is 1. The Hall–Kier alpha value is -2.64. The van der Waals surface area contributed by atoms with Crippen molar-refractivity contribution >= 4 is 5.69 Å². The van der Waals surface area contributed by atoms with E-state index in [-0.39, 0.29) is 24.4 Å². The fraction of sp³-hybridized carbons (Fsp3) is 0.500. The summed E-state index contributed by atoms with van der Waals surface area (Å²) in [5.41, 5.74) is 2.64. The Morgan fingerprint density at radius 3 is 2.13 bits per heavy atom. The Morgan fingerprint density at radius 1 is 0.903 bits per heavy atom. The van der Waals surface area contributed by atoms with Crippen molar-refractivity contribution in [3.63, 3.8) is 0 Å². The van der Waals surface area contributed by atoms with Gasteiger partial charge in [-0.15, -0.1) is 0 Å².